The Balaban J connectivity index is 2.19. The lowest BCUT2D eigenvalue weighted by Crippen LogP contribution is -2.14. The van der Waals surface area contributed by atoms with E-state index in [1.165, 1.54) is 12.1 Å². The van der Waals surface area contributed by atoms with Crippen LogP contribution in [0.15, 0.2) is 42.6 Å². The van der Waals surface area contributed by atoms with Gasteiger partial charge in [0.15, 0.2) is 0 Å². The van der Waals surface area contributed by atoms with Gasteiger partial charge in [-0.2, -0.15) is 0 Å². The number of nitrogens with zero attached hydrogens (tertiary/aromatic N) is 1. The molecule has 0 atom stereocenters. The summed E-state index contributed by atoms with van der Waals surface area (Å²) < 4.78 is 12.8. The minimum Gasteiger partial charge on any atom is -0.395 e. The highest BCUT2D eigenvalue weighted by atomic mass is 19.1. The SMILES string of the molecule is O=C(Nc1ccc(F)cn1)c1ccccc1C#CCCO. The summed E-state index contributed by atoms with van der Waals surface area (Å²) in [6, 6.07) is 9.46. The first kappa shape index (κ1) is 14.7. The van der Waals surface area contributed by atoms with Gasteiger partial charge in [0.05, 0.1) is 18.4 Å². The average Bonchev–Trinajstić information content (AvgIpc) is 2.50. The zero-order valence-corrected chi connectivity index (χ0v) is 11.1. The molecule has 1 heterocycles. The number of hydrogen-bond donors (Lipinski definition) is 2. The molecule has 0 bridgehead atoms. The fourth-order valence-electron chi connectivity index (χ4n) is 1.64. The van der Waals surface area contributed by atoms with Gasteiger partial charge < -0.3 is 10.4 Å². The molecule has 2 aromatic rings. The van der Waals surface area contributed by atoms with Gasteiger partial charge in [-0.1, -0.05) is 24.0 Å². The third-order valence-electron chi connectivity index (χ3n) is 2.60. The molecule has 1 amide bonds. The summed E-state index contributed by atoms with van der Waals surface area (Å²) >= 11 is 0. The van der Waals surface area contributed by atoms with Crippen molar-refractivity contribution >= 4 is 11.7 Å². The van der Waals surface area contributed by atoms with Gasteiger partial charge in [-0.25, -0.2) is 9.37 Å². The number of aliphatic hydroxyl groups excluding tert-OH is 1. The second-order valence-electron chi connectivity index (χ2n) is 4.14. The maximum atomic E-state index is 12.8. The van der Waals surface area contributed by atoms with E-state index < -0.39 is 5.82 Å². The highest BCUT2D eigenvalue weighted by Gasteiger charge is 2.10. The summed E-state index contributed by atoms with van der Waals surface area (Å²) in [5.41, 5.74) is 0.958. The molecule has 0 aliphatic carbocycles. The van der Waals surface area contributed by atoms with Crippen LogP contribution in [-0.2, 0) is 0 Å². The molecular weight excluding hydrogens is 271 g/mol. The van der Waals surface area contributed by atoms with Crippen molar-refractivity contribution in [1.82, 2.24) is 4.98 Å². The van der Waals surface area contributed by atoms with E-state index in [-0.39, 0.29) is 18.3 Å². The first-order chi connectivity index (χ1) is 10.2. The van der Waals surface area contributed by atoms with Crippen molar-refractivity contribution in [2.24, 2.45) is 0 Å². The van der Waals surface area contributed by atoms with E-state index in [1.54, 1.807) is 24.3 Å². The van der Waals surface area contributed by atoms with Gasteiger partial charge in [-0.15, -0.1) is 0 Å². The van der Waals surface area contributed by atoms with Crippen LogP contribution in [-0.4, -0.2) is 22.6 Å². The van der Waals surface area contributed by atoms with Gasteiger partial charge >= 0.3 is 0 Å². The Hall–Kier alpha value is -2.71. The molecule has 0 radical (unpaired) electrons. The maximum absolute atomic E-state index is 12.8. The third-order valence-corrected chi connectivity index (χ3v) is 2.60. The maximum Gasteiger partial charge on any atom is 0.258 e. The molecule has 0 spiro atoms. The van der Waals surface area contributed by atoms with Gasteiger partial charge in [-0.05, 0) is 24.3 Å². The van der Waals surface area contributed by atoms with Crippen LogP contribution in [0.25, 0.3) is 0 Å². The number of aromatic nitrogens is 1. The molecule has 1 aromatic carbocycles. The summed E-state index contributed by atoms with van der Waals surface area (Å²) in [6.45, 7) is -0.0269. The highest BCUT2D eigenvalue weighted by molar-refractivity contribution is 6.05. The minimum absolute atomic E-state index is 0.0269. The summed E-state index contributed by atoms with van der Waals surface area (Å²) in [5.74, 6) is 5.03. The average molecular weight is 284 g/mol. The largest absolute Gasteiger partial charge is 0.395 e. The molecule has 106 valence electrons. The number of nitrogens with one attached hydrogen (secondary N) is 1. The molecule has 2 rings (SSSR count). The van der Waals surface area contributed by atoms with Crippen molar-refractivity contribution in [3.8, 4) is 11.8 Å². The number of benzene rings is 1. The summed E-state index contributed by atoms with van der Waals surface area (Å²) in [7, 11) is 0. The normalized spacial score (nSPS) is 9.62. The number of rotatable bonds is 3. The van der Waals surface area contributed by atoms with Crippen LogP contribution in [0.5, 0.6) is 0 Å². The van der Waals surface area contributed by atoms with Crippen LogP contribution in [0, 0.1) is 17.7 Å². The van der Waals surface area contributed by atoms with Crippen molar-refractivity contribution in [3.05, 3.63) is 59.5 Å². The van der Waals surface area contributed by atoms with Crippen LogP contribution in [0.2, 0.25) is 0 Å². The van der Waals surface area contributed by atoms with E-state index in [2.05, 4.69) is 22.1 Å². The zero-order valence-electron chi connectivity index (χ0n) is 11.1. The molecule has 4 nitrogen and oxygen atoms in total. The Morgan fingerprint density at radius 1 is 1.29 bits per heavy atom. The third kappa shape index (κ3) is 4.13. The Bertz CT molecular complexity index is 687. The summed E-state index contributed by atoms with van der Waals surface area (Å²) in [6.07, 6.45) is 1.37. The first-order valence-electron chi connectivity index (χ1n) is 6.32. The first-order valence-corrected chi connectivity index (χ1v) is 6.32. The van der Waals surface area contributed by atoms with Crippen LogP contribution in [0.1, 0.15) is 22.3 Å². The van der Waals surface area contributed by atoms with Gasteiger partial charge in [0.25, 0.3) is 5.91 Å². The number of carbonyl (C=O) groups is 1. The predicted octanol–water partition coefficient (Wildman–Crippen LogP) is 2.21. The van der Waals surface area contributed by atoms with Gasteiger partial charge in [0.2, 0.25) is 0 Å². The van der Waals surface area contributed by atoms with E-state index in [0.717, 1.165) is 6.20 Å². The molecule has 2 N–H and O–H groups in total. The van der Waals surface area contributed by atoms with Gasteiger partial charge in [0.1, 0.15) is 11.6 Å². The van der Waals surface area contributed by atoms with Gasteiger partial charge in [0, 0.05) is 12.0 Å². The Morgan fingerprint density at radius 3 is 2.81 bits per heavy atom. The number of carbonyl (C=O) groups excluding carboxylic acids is 1. The van der Waals surface area contributed by atoms with Crippen molar-refractivity contribution < 1.29 is 14.3 Å². The molecule has 21 heavy (non-hydrogen) atoms. The van der Waals surface area contributed by atoms with Crippen molar-refractivity contribution in [3.63, 3.8) is 0 Å². The molecule has 1 aromatic heterocycles. The van der Waals surface area contributed by atoms with E-state index in [1.807, 2.05) is 0 Å². The molecule has 0 saturated carbocycles. The predicted molar refractivity (Wildman–Crippen MR) is 77.2 cm³/mol. The van der Waals surface area contributed by atoms with Crippen LogP contribution in [0.3, 0.4) is 0 Å². The lowest BCUT2D eigenvalue weighted by Gasteiger charge is -2.06. The lowest BCUT2D eigenvalue weighted by molar-refractivity contribution is 0.102. The van der Waals surface area contributed by atoms with Crippen molar-refractivity contribution in [2.45, 2.75) is 6.42 Å². The smallest absolute Gasteiger partial charge is 0.258 e. The zero-order chi connectivity index (χ0) is 15.1. The Morgan fingerprint density at radius 2 is 2.10 bits per heavy atom. The molecule has 0 saturated heterocycles. The number of pyridine rings is 1. The van der Waals surface area contributed by atoms with E-state index in [4.69, 9.17) is 5.11 Å². The fourth-order valence-corrected chi connectivity index (χ4v) is 1.64. The minimum atomic E-state index is -0.469. The molecule has 0 aliphatic rings. The molecule has 5 heteroatoms. The molecular formula is C16H13FN2O2. The highest BCUT2D eigenvalue weighted by Crippen LogP contribution is 2.11. The van der Waals surface area contributed by atoms with E-state index in [0.29, 0.717) is 17.5 Å². The standard InChI is InChI=1S/C16H13FN2O2/c17-13-8-9-15(18-11-13)19-16(21)14-7-2-1-5-12(14)6-3-4-10-20/h1-2,5,7-9,11,20H,4,10H2,(H,18,19,21). The Kier molecular flexibility index (Phi) is 5.02. The second-order valence-corrected chi connectivity index (χ2v) is 4.14. The molecule has 0 fully saturated rings. The lowest BCUT2D eigenvalue weighted by atomic mass is 10.1. The van der Waals surface area contributed by atoms with Crippen LogP contribution < -0.4 is 5.32 Å². The second kappa shape index (κ2) is 7.17. The van der Waals surface area contributed by atoms with E-state index in [9.17, 15) is 9.18 Å². The number of hydrogen-bond acceptors (Lipinski definition) is 3. The topological polar surface area (TPSA) is 62.2 Å². The van der Waals surface area contributed by atoms with Crippen molar-refractivity contribution in [1.29, 1.82) is 0 Å². The van der Waals surface area contributed by atoms with Crippen LogP contribution in [0.4, 0.5) is 10.2 Å². The monoisotopic (exact) mass is 284 g/mol. The van der Waals surface area contributed by atoms with Crippen molar-refractivity contribution in [2.75, 3.05) is 11.9 Å². The van der Waals surface area contributed by atoms with E-state index >= 15 is 0 Å². The molecule has 0 aliphatic heterocycles. The van der Waals surface area contributed by atoms with Crippen LogP contribution >= 0.6 is 0 Å². The Labute approximate surface area is 121 Å². The number of aliphatic hydroxyl groups is 1. The fraction of sp³-hybridized carbons (Fsp3) is 0.125. The number of amides is 1. The number of anilines is 1. The number of halogens is 1. The quantitative estimate of drug-likeness (QED) is 0.849. The van der Waals surface area contributed by atoms with Gasteiger partial charge in [-0.3, -0.25) is 4.79 Å². The summed E-state index contributed by atoms with van der Waals surface area (Å²) in [4.78, 5) is 16.0. The molecule has 0 unspecified atom stereocenters. The summed E-state index contributed by atoms with van der Waals surface area (Å²) in [5, 5.41) is 11.3.